The SMILES string of the molecule is Cc1ccc(S(=O)(=O)N2CCC(CC(=O)NCCCN3CCCCCC3)CC2)cc1. The first-order valence-electron chi connectivity index (χ1n) is 11.5. The summed E-state index contributed by atoms with van der Waals surface area (Å²) >= 11 is 0. The van der Waals surface area contributed by atoms with Gasteiger partial charge >= 0.3 is 0 Å². The molecule has 0 spiro atoms. The molecule has 1 N–H and O–H groups in total. The highest BCUT2D eigenvalue weighted by atomic mass is 32.2. The number of sulfonamides is 1. The minimum atomic E-state index is -3.43. The minimum Gasteiger partial charge on any atom is -0.356 e. The molecule has 3 rings (SSSR count). The second-order valence-corrected chi connectivity index (χ2v) is 10.8. The lowest BCUT2D eigenvalue weighted by Crippen LogP contribution is -2.39. The van der Waals surface area contributed by atoms with Crippen LogP contribution in [0.1, 0.15) is 56.9 Å². The Bertz CT molecular complexity index is 763. The monoisotopic (exact) mass is 435 g/mol. The Morgan fingerprint density at radius 1 is 1.00 bits per heavy atom. The summed E-state index contributed by atoms with van der Waals surface area (Å²) in [6.07, 6.45) is 8.27. The van der Waals surface area contributed by atoms with Crippen LogP contribution in [0.15, 0.2) is 29.2 Å². The number of amides is 1. The summed E-state index contributed by atoms with van der Waals surface area (Å²) in [6.45, 7) is 7.11. The Morgan fingerprint density at radius 3 is 2.27 bits per heavy atom. The fourth-order valence-corrected chi connectivity index (χ4v) is 5.91. The zero-order valence-corrected chi connectivity index (χ0v) is 19.1. The number of hydrogen-bond donors (Lipinski definition) is 1. The molecule has 2 heterocycles. The molecule has 1 aromatic carbocycles. The summed E-state index contributed by atoms with van der Waals surface area (Å²) in [5.74, 6) is 0.366. The summed E-state index contributed by atoms with van der Waals surface area (Å²) < 4.78 is 27.2. The van der Waals surface area contributed by atoms with Crippen molar-refractivity contribution in [1.82, 2.24) is 14.5 Å². The third-order valence-corrected chi connectivity index (χ3v) is 8.29. The van der Waals surface area contributed by atoms with Gasteiger partial charge in [-0.2, -0.15) is 4.31 Å². The molecule has 0 saturated carbocycles. The van der Waals surface area contributed by atoms with Crippen molar-refractivity contribution in [2.75, 3.05) is 39.3 Å². The lowest BCUT2D eigenvalue weighted by atomic mass is 9.94. The van der Waals surface area contributed by atoms with Crippen molar-refractivity contribution in [2.24, 2.45) is 5.92 Å². The van der Waals surface area contributed by atoms with E-state index < -0.39 is 10.0 Å². The van der Waals surface area contributed by atoms with E-state index in [9.17, 15) is 13.2 Å². The molecular weight excluding hydrogens is 398 g/mol. The van der Waals surface area contributed by atoms with Crippen LogP contribution in [-0.4, -0.2) is 62.8 Å². The Hall–Kier alpha value is -1.44. The smallest absolute Gasteiger partial charge is 0.243 e. The van der Waals surface area contributed by atoms with E-state index in [-0.39, 0.29) is 11.8 Å². The number of rotatable bonds is 8. The van der Waals surface area contributed by atoms with Crippen LogP contribution in [0.4, 0.5) is 0 Å². The van der Waals surface area contributed by atoms with Crippen molar-refractivity contribution in [3.05, 3.63) is 29.8 Å². The second-order valence-electron chi connectivity index (χ2n) is 8.82. The van der Waals surface area contributed by atoms with Gasteiger partial charge in [0.1, 0.15) is 0 Å². The van der Waals surface area contributed by atoms with Gasteiger partial charge in [-0.1, -0.05) is 30.5 Å². The van der Waals surface area contributed by atoms with Gasteiger partial charge in [0, 0.05) is 26.1 Å². The van der Waals surface area contributed by atoms with E-state index in [0.29, 0.717) is 24.4 Å². The van der Waals surface area contributed by atoms with Crippen molar-refractivity contribution in [3.8, 4) is 0 Å². The molecule has 2 fully saturated rings. The summed E-state index contributed by atoms with van der Waals surface area (Å²) in [4.78, 5) is 15.2. The molecule has 1 amide bonds. The van der Waals surface area contributed by atoms with Crippen molar-refractivity contribution in [1.29, 1.82) is 0 Å². The maximum absolute atomic E-state index is 12.8. The normalized spacial score (nSPS) is 20.0. The molecule has 2 aliphatic heterocycles. The van der Waals surface area contributed by atoms with E-state index in [0.717, 1.165) is 37.9 Å². The van der Waals surface area contributed by atoms with Gasteiger partial charge in [0.15, 0.2) is 0 Å². The molecule has 2 aliphatic rings. The van der Waals surface area contributed by atoms with Gasteiger partial charge in [0.25, 0.3) is 0 Å². The van der Waals surface area contributed by atoms with Crippen LogP contribution < -0.4 is 5.32 Å². The molecule has 0 radical (unpaired) electrons. The van der Waals surface area contributed by atoms with E-state index in [4.69, 9.17) is 0 Å². The molecule has 0 aliphatic carbocycles. The molecule has 0 bridgehead atoms. The van der Waals surface area contributed by atoms with Crippen molar-refractivity contribution < 1.29 is 13.2 Å². The first-order valence-corrected chi connectivity index (χ1v) is 12.9. The predicted molar refractivity (Wildman–Crippen MR) is 120 cm³/mol. The van der Waals surface area contributed by atoms with Crippen LogP contribution in [0.3, 0.4) is 0 Å². The number of aryl methyl sites for hydroxylation is 1. The molecule has 0 unspecified atom stereocenters. The highest BCUT2D eigenvalue weighted by Crippen LogP contribution is 2.25. The summed E-state index contributed by atoms with van der Waals surface area (Å²) in [7, 11) is -3.43. The third-order valence-electron chi connectivity index (χ3n) is 6.38. The van der Waals surface area contributed by atoms with Crippen LogP contribution in [-0.2, 0) is 14.8 Å². The van der Waals surface area contributed by atoms with Crippen LogP contribution in [0, 0.1) is 12.8 Å². The van der Waals surface area contributed by atoms with Gasteiger partial charge in [-0.15, -0.1) is 0 Å². The summed E-state index contributed by atoms with van der Waals surface area (Å²) in [5.41, 5.74) is 1.05. The molecule has 0 atom stereocenters. The lowest BCUT2D eigenvalue weighted by molar-refractivity contribution is -0.122. The van der Waals surface area contributed by atoms with E-state index in [2.05, 4.69) is 10.2 Å². The van der Waals surface area contributed by atoms with Crippen molar-refractivity contribution >= 4 is 15.9 Å². The number of likely N-dealkylation sites (tertiary alicyclic amines) is 1. The van der Waals surface area contributed by atoms with Gasteiger partial charge in [0.05, 0.1) is 4.90 Å². The molecule has 6 nitrogen and oxygen atoms in total. The maximum atomic E-state index is 12.8. The quantitative estimate of drug-likeness (QED) is 0.637. The maximum Gasteiger partial charge on any atom is 0.243 e. The average molecular weight is 436 g/mol. The molecule has 7 heteroatoms. The van der Waals surface area contributed by atoms with E-state index in [1.54, 1.807) is 16.4 Å². The van der Waals surface area contributed by atoms with E-state index in [1.807, 2.05) is 19.1 Å². The molecule has 0 aromatic heterocycles. The van der Waals surface area contributed by atoms with Crippen LogP contribution in [0.5, 0.6) is 0 Å². The van der Waals surface area contributed by atoms with Gasteiger partial charge in [-0.25, -0.2) is 8.42 Å². The number of nitrogens with one attached hydrogen (secondary N) is 1. The number of nitrogens with zero attached hydrogens (tertiary/aromatic N) is 2. The standard InChI is InChI=1S/C23H37N3O3S/c1-20-7-9-22(10-8-20)30(28,29)26-17-11-21(12-18-26)19-23(27)24-13-6-16-25-14-4-2-3-5-15-25/h7-10,21H,2-6,11-19H2,1H3,(H,24,27). The van der Waals surface area contributed by atoms with E-state index in [1.165, 1.54) is 38.8 Å². The summed E-state index contributed by atoms with van der Waals surface area (Å²) in [5, 5.41) is 3.06. The third kappa shape index (κ3) is 6.79. The van der Waals surface area contributed by atoms with Crippen molar-refractivity contribution in [3.63, 3.8) is 0 Å². The average Bonchev–Trinajstić information content (AvgIpc) is 3.01. The number of piperidine rings is 1. The number of hydrogen-bond acceptors (Lipinski definition) is 4. The van der Waals surface area contributed by atoms with Gasteiger partial charge in [-0.05, 0) is 76.7 Å². The second kappa shape index (κ2) is 11.3. The van der Waals surface area contributed by atoms with Gasteiger partial charge < -0.3 is 10.2 Å². The van der Waals surface area contributed by atoms with Crippen molar-refractivity contribution in [2.45, 2.75) is 63.2 Å². The number of carbonyl (C=O) groups is 1. The fourth-order valence-electron chi connectivity index (χ4n) is 4.44. The first-order chi connectivity index (χ1) is 14.4. The minimum absolute atomic E-state index is 0.103. The Kier molecular flexibility index (Phi) is 8.72. The Morgan fingerprint density at radius 2 is 1.63 bits per heavy atom. The van der Waals surface area contributed by atoms with Crippen LogP contribution in [0.2, 0.25) is 0 Å². The largest absolute Gasteiger partial charge is 0.356 e. The topological polar surface area (TPSA) is 69.7 Å². The highest BCUT2D eigenvalue weighted by molar-refractivity contribution is 7.89. The predicted octanol–water partition coefficient (Wildman–Crippen LogP) is 3.17. The fraction of sp³-hybridized carbons (Fsp3) is 0.696. The van der Waals surface area contributed by atoms with Gasteiger partial charge in [0.2, 0.25) is 15.9 Å². The molecule has 1 aromatic rings. The molecule has 168 valence electrons. The Labute approximate surface area is 182 Å². The molecule has 2 saturated heterocycles. The Balaban J connectivity index is 1.34. The zero-order chi connectivity index (χ0) is 21.4. The molecular formula is C23H37N3O3S. The van der Waals surface area contributed by atoms with Gasteiger partial charge in [-0.3, -0.25) is 4.79 Å². The lowest BCUT2D eigenvalue weighted by Gasteiger charge is -2.31. The zero-order valence-electron chi connectivity index (χ0n) is 18.3. The highest BCUT2D eigenvalue weighted by Gasteiger charge is 2.30. The summed E-state index contributed by atoms with van der Waals surface area (Å²) in [6, 6.07) is 7.01. The van der Waals surface area contributed by atoms with Crippen LogP contribution in [0.25, 0.3) is 0 Å². The molecule has 30 heavy (non-hydrogen) atoms. The first kappa shape index (κ1) is 23.2. The van der Waals surface area contributed by atoms with E-state index >= 15 is 0 Å². The number of carbonyl (C=O) groups excluding carboxylic acids is 1. The van der Waals surface area contributed by atoms with Crippen LogP contribution >= 0.6 is 0 Å². The number of benzene rings is 1.